The Bertz CT molecular complexity index is 439. The Morgan fingerprint density at radius 2 is 2.22 bits per heavy atom. The standard InChI is InChI=1S/C14H18N2O2/c1-11-5-2-3-7-13(11)14(18)16(10-17)12-6-4-8-15-9-12/h2-3,5,7,10,12,15H,4,6,8-9H2,1H3. The van der Waals surface area contributed by atoms with Crippen LogP contribution in [0.2, 0.25) is 0 Å². The molecule has 2 rings (SSSR count). The minimum absolute atomic E-state index is 0.0247. The summed E-state index contributed by atoms with van der Waals surface area (Å²) in [6.45, 7) is 3.54. The van der Waals surface area contributed by atoms with Crippen LogP contribution in [0.15, 0.2) is 24.3 Å². The van der Waals surface area contributed by atoms with Crippen LogP contribution < -0.4 is 5.32 Å². The smallest absolute Gasteiger partial charge is 0.260 e. The van der Waals surface area contributed by atoms with E-state index in [1.54, 1.807) is 6.07 Å². The van der Waals surface area contributed by atoms with Gasteiger partial charge in [0.2, 0.25) is 6.41 Å². The van der Waals surface area contributed by atoms with Crippen molar-refractivity contribution in [1.82, 2.24) is 10.2 Å². The van der Waals surface area contributed by atoms with E-state index < -0.39 is 0 Å². The van der Waals surface area contributed by atoms with Gasteiger partial charge in [-0.15, -0.1) is 0 Å². The number of amides is 2. The lowest BCUT2D eigenvalue weighted by atomic mass is 10.0. The van der Waals surface area contributed by atoms with Crippen LogP contribution in [-0.2, 0) is 4.79 Å². The second-order valence-corrected chi connectivity index (χ2v) is 4.63. The highest BCUT2D eigenvalue weighted by Gasteiger charge is 2.26. The van der Waals surface area contributed by atoms with E-state index in [1.807, 2.05) is 25.1 Å². The number of hydrogen-bond donors (Lipinski definition) is 1. The zero-order chi connectivity index (χ0) is 13.0. The Morgan fingerprint density at radius 3 is 2.83 bits per heavy atom. The monoisotopic (exact) mass is 246 g/mol. The summed E-state index contributed by atoms with van der Waals surface area (Å²) in [5, 5.41) is 3.22. The highest BCUT2D eigenvalue weighted by Crippen LogP contribution is 2.15. The molecular weight excluding hydrogens is 228 g/mol. The molecule has 1 aromatic carbocycles. The first kappa shape index (κ1) is 12.8. The van der Waals surface area contributed by atoms with E-state index in [4.69, 9.17) is 0 Å². The predicted octanol–water partition coefficient (Wildman–Crippen LogP) is 1.35. The molecule has 0 aliphatic carbocycles. The van der Waals surface area contributed by atoms with Gasteiger partial charge in [-0.2, -0.15) is 0 Å². The van der Waals surface area contributed by atoms with E-state index >= 15 is 0 Å². The van der Waals surface area contributed by atoms with Crippen molar-refractivity contribution in [3.63, 3.8) is 0 Å². The van der Waals surface area contributed by atoms with Crippen molar-refractivity contribution in [2.75, 3.05) is 13.1 Å². The van der Waals surface area contributed by atoms with Crippen molar-refractivity contribution in [2.45, 2.75) is 25.8 Å². The third-order valence-electron chi connectivity index (χ3n) is 3.39. The molecule has 0 spiro atoms. The molecule has 1 N–H and O–H groups in total. The van der Waals surface area contributed by atoms with E-state index in [2.05, 4.69) is 5.32 Å². The van der Waals surface area contributed by atoms with Crippen molar-refractivity contribution >= 4 is 12.3 Å². The molecule has 4 heteroatoms. The molecule has 1 heterocycles. The summed E-state index contributed by atoms with van der Waals surface area (Å²) in [7, 11) is 0. The van der Waals surface area contributed by atoms with E-state index in [0.29, 0.717) is 18.5 Å². The molecule has 4 nitrogen and oxygen atoms in total. The van der Waals surface area contributed by atoms with Gasteiger partial charge in [0, 0.05) is 12.1 Å². The molecule has 96 valence electrons. The maximum Gasteiger partial charge on any atom is 0.260 e. The molecule has 0 bridgehead atoms. The highest BCUT2D eigenvalue weighted by molar-refractivity contribution is 6.01. The SMILES string of the molecule is Cc1ccccc1C(=O)N(C=O)C1CCCNC1. The number of carbonyl (C=O) groups is 2. The van der Waals surface area contributed by atoms with Gasteiger partial charge in [0.25, 0.3) is 5.91 Å². The van der Waals surface area contributed by atoms with Gasteiger partial charge in [-0.25, -0.2) is 0 Å². The molecule has 18 heavy (non-hydrogen) atoms. The van der Waals surface area contributed by atoms with E-state index in [1.165, 1.54) is 4.90 Å². The molecule has 1 aliphatic rings. The molecule has 1 saturated heterocycles. The Hall–Kier alpha value is -1.68. The third kappa shape index (κ3) is 2.59. The molecule has 1 aromatic rings. The van der Waals surface area contributed by atoms with Crippen molar-refractivity contribution in [2.24, 2.45) is 0 Å². The third-order valence-corrected chi connectivity index (χ3v) is 3.39. The van der Waals surface area contributed by atoms with Crippen LogP contribution in [0.3, 0.4) is 0 Å². The molecular formula is C14H18N2O2. The van der Waals surface area contributed by atoms with Crippen LogP contribution in [0.5, 0.6) is 0 Å². The summed E-state index contributed by atoms with van der Waals surface area (Å²) in [5.41, 5.74) is 1.51. The molecule has 1 unspecified atom stereocenters. The predicted molar refractivity (Wildman–Crippen MR) is 69.3 cm³/mol. The first-order valence-electron chi connectivity index (χ1n) is 6.28. The van der Waals surface area contributed by atoms with Crippen LogP contribution in [0.4, 0.5) is 0 Å². The van der Waals surface area contributed by atoms with Gasteiger partial charge < -0.3 is 5.32 Å². The van der Waals surface area contributed by atoms with Gasteiger partial charge in [0.1, 0.15) is 0 Å². The van der Waals surface area contributed by atoms with Gasteiger partial charge in [-0.05, 0) is 37.9 Å². The number of nitrogens with zero attached hydrogens (tertiary/aromatic N) is 1. The Balaban J connectivity index is 2.19. The van der Waals surface area contributed by atoms with Gasteiger partial charge in [0.05, 0.1) is 6.04 Å². The number of carbonyl (C=O) groups excluding carboxylic acids is 2. The molecule has 1 atom stereocenters. The number of rotatable bonds is 3. The van der Waals surface area contributed by atoms with Crippen LogP contribution in [0, 0.1) is 6.92 Å². The highest BCUT2D eigenvalue weighted by atomic mass is 16.2. The number of hydrogen-bond acceptors (Lipinski definition) is 3. The zero-order valence-electron chi connectivity index (χ0n) is 10.6. The number of piperidine rings is 1. The minimum atomic E-state index is -0.197. The van der Waals surface area contributed by atoms with E-state index in [0.717, 1.165) is 24.9 Å². The number of aryl methyl sites for hydroxylation is 1. The van der Waals surface area contributed by atoms with Gasteiger partial charge >= 0.3 is 0 Å². The van der Waals surface area contributed by atoms with Crippen molar-refractivity contribution in [3.05, 3.63) is 35.4 Å². The lowest BCUT2D eigenvalue weighted by molar-refractivity contribution is -0.117. The first-order valence-corrected chi connectivity index (χ1v) is 6.28. The van der Waals surface area contributed by atoms with E-state index in [9.17, 15) is 9.59 Å². The Morgan fingerprint density at radius 1 is 1.44 bits per heavy atom. The number of imide groups is 1. The maximum atomic E-state index is 12.4. The van der Waals surface area contributed by atoms with E-state index in [-0.39, 0.29) is 11.9 Å². The number of nitrogens with one attached hydrogen (secondary N) is 1. The zero-order valence-corrected chi connectivity index (χ0v) is 10.6. The molecule has 0 saturated carbocycles. The summed E-state index contributed by atoms with van der Waals surface area (Å²) in [6, 6.07) is 7.34. The fourth-order valence-corrected chi connectivity index (χ4v) is 2.32. The van der Waals surface area contributed by atoms with Gasteiger partial charge in [0.15, 0.2) is 0 Å². The molecule has 1 fully saturated rings. The lowest BCUT2D eigenvalue weighted by Crippen LogP contribution is -2.48. The molecule has 0 radical (unpaired) electrons. The molecule has 0 aromatic heterocycles. The maximum absolute atomic E-state index is 12.4. The first-order chi connectivity index (χ1) is 8.74. The van der Waals surface area contributed by atoms with Crippen LogP contribution >= 0.6 is 0 Å². The van der Waals surface area contributed by atoms with Crippen molar-refractivity contribution < 1.29 is 9.59 Å². The minimum Gasteiger partial charge on any atom is -0.315 e. The largest absolute Gasteiger partial charge is 0.315 e. The fourth-order valence-electron chi connectivity index (χ4n) is 2.32. The van der Waals surface area contributed by atoms with Crippen LogP contribution in [0.1, 0.15) is 28.8 Å². The fraction of sp³-hybridized carbons (Fsp3) is 0.429. The van der Waals surface area contributed by atoms with Crippen LogP contribution in [0.25, 0.3) is 0 Å². The summed E-state index contributed by atoms with van der Waals surface area (Å²) in [6.07, 6.45) is 2.53. The molecule has 2 amide bonds. The lowest BCUT2D eigenvalue weighted by Gasteiger charge is -2.30. The van der Waals surface area contributed by atoms with Crippen molar-refractivity contribution in [3.8, 4) is 0 Å². The summed E-state index contributed by atoms with van der Waals surface area (Å²) < 4.78 is 0. The van der Waals surface area contributed by atoms with Gasteiger partial charge in [-0.1, -0.05) is 18.2 Å². The van der Waals surface area contributed by atoms with Gasteiger partial charge in [-0.3, -0.25) is 14.5 Å². The quantitative estimate of drug-likeness (QED) is 0.819. The average molecular weight is 246 g/mol. The molecule has 1 aliphatic heterocycles. The summed E-state index contributed by atoms with van der Waals surface area (Å²) >= 11 is 0. The van der Waals surface area contributed by atoms with Crippen LogP contribution in [-0.4, -0.2) is 36.3 Å². The topological polar surface area (TPSA) is 49.4 Å². The Labute approximate surface area is 107 Å². The van der Waals surface area contributed by atoms with Crippen molar-refractivity contribution in [1.29, 1.82) is 0 Å². The average Bonchev–Trinajstić information content (AvgIpc) is 2.41. The number of benzene rings is 1. The summed E-state index contributed by atoms with van der Waals surface area (Å²) in [5.74, 6) is -0.197. The normalized spacial score (nSPS) is 19.3. The summed E-state index contributed by atoms with van der Waals surface area (Å²) in [4.78, 5) is 24.9. The second kappa shape index (κ2) is 5.78. The second-order valence-electron chi connectivity index (χ2n) is 4.63. The Kier molecular flexibility index (Phi) is 4.10.